The lowest BCUT2D eigenvalue weighted by molar-refractivity contribution is -0.143. The quantitative estimate of drug-likeness (QED) is 0.588. The van der Waals surface area contributed by atoms with Crippen LogP contribution in [0.25, 0.3) is 0 Å². The molecular formula is C13H23NO5. The van der Waals surface area contributed by atoms with Crippen molar-refractivity contribution in [2.75, 3.05) is 13.7 Å². The Balaban J connectivity index is 2.38. The summed E-state index contributed by atoms with van der Waals surface area (Å²) in [5.41, 5.74) is -0.591. The molecule has 1 fully saturated rings. The van der Waals surface area contributed by atoms with Gasteiger partial charge in [0, 0.05) is 0 Å². The zero-order chi connectivity index (χ0) is 14.5. The molecule has 1 aliphatic rings. The van der Waals surface area contributed by atoms with Crippen molar-refractivity contribution in [2.45, 2.75) is 57.8 Å². The Morgan fingerprint density at radius 2 is 2.05 bits per heavy atom. The van der Waals surface area contributed by atoms with E-state index >= 15 is 0 Å². The number of hydrogen-bond donors (Lipinski definition) is 1. The molecule has 0 radical (unpaired) electrons. The molecule has 0 aliphatic carbocycles. The smallest absolute Gasteiger partial charge is 0.408 e. The zero-order valence-electron chi connectivity index (χ0n) is 12.0. The van der Waals surface area contributed by atoms with E-state index in [4.69, 9.17) is 9.47 Å². The van der Waals surface area contributed by atoms with E-state index in [1.54, 1.807) is 20.8 Å². The van der Waals surface area contributed by atoms with E-state index in [9.17, 15) is 9.59 Å². The molecule has 0 unspecified atom stereocenters. The maximum atomic E-state index is 11.6. The predicted molar refractivity (Wildman–Crippen MR) is 68.8 cm³/mol. The molecule has 110 valence electrons. The van der Waals surface area contributed by atoms with Crippen LogP contribution in [0, 0.1) is 0 Å². The Hall–Kier alpha value is -1.30. The number of epoxide rings is 1. The fourth-order valence-electron chi connectivity index (χ4n) is 1.63. The summed E-state index contributed by atoms with van der Waals surface area (Å²) in [6.07, 6.45) is 1.92. The van der Waals surface area contributed by atoms with E-state index in [1.807, 2.05) is 0 Å². The van der Waals surface area contributed by atoms with E-state index in [0.717, 1.165) is 19.4 Å². The lowest BCUT2D eigenvalue weighted by Gasteiger charge is -2.22. The summed E-state index contributed by atoms with van der Waals surface area (Å²) >= 11 is 0. The monoisotopic (exact) mass is 273 g/mol. The van der Waals surface area contributed by atoms with Gasteiger partial charge in [-0.05, 0) is 40.0 Å². The minimum atomic E-state index is -0.668. The van der Waals surface area contributed by atoms with Gasteiger partial charge in [-0.3, -0.25) is 0 Å². The first-order valence-electron chi connectivity index (χ1n) is 6.51. The fraction of sp³-hybridized carbons (Fsp3) is 0.846. The number of hydrogen-bond acceptors (Lipinski definition) is 5. The van der Waals surface area contributed by atoms with E-state index in [2.05, 4.69) is 10.1 Å². The topological polar surface area (TPSA) is 77.2 Å². The Morgan fingerprint density at radius 3 is 2.53 bits per heavy atom. The standard InChI is InChI=1S/C13H23NO5/c1-13(2,3)19-12(16)14-10(11(15)17-4)7-5-6-9-8-18-9/h9-10H,5-8H2,1-4H3,(H,14,16)/t9-,10-/m0/s1. The number of carbonyl (C=O) groups is 2. The Kier molecular flexibility index (Phi) is 5.60. The van der Waals surface area contributed by atoms with Gasteiger partial charge in [-0.15, -0.1) is 0 Å². The second kappa shape index (κ2) is 6.75. The van der Waals surface area contributed by atoms with Gasteiger partial charge in [0.2, 0.25) is 0 Å². The largest absolute Gasteiger partial charge is 0.467 e. The second-order valence-corrected chi connectivity index (χ2v) is 5.61. The maximum absolute atomic E-state index is 11.6. The first-order valence-corrected chi connectivity index (χ1v) is 6.51. The molecule has 1 heterocycles. The van der Waals surface area contributed by atoms with Crippen LogP contribution in [0.1, 0.15) is 40.0 Å². The number of esters is 1. The first-order chi connectivity index (χ1) is 8.81. The molecule has 0 spiro atoms. The van der Waals surface area contributed by atoms with Gasteiger partial charge in [-0.25, -0.2) is 9.59 Å². The van der Waals surface area contributed by atoms with Crippen molar-refractivity contribution in [1.29, 1.82) is 0 Å². The third-order valence-corrected chi connectivity index (χ3v) is 2.60. The predicted octanol–water partition coefficient (Wildman–Crippen LogP) is 1.62. The molecule has 0 bridgehead atoms. The van der Waals surface area contributed by atoms with Crippen LogP contribution in [0.3, 0.4) is 0 Å². The van der Waals surface area contributed by atoms with Gasteiger partial charge >= 0.3 is 12.1 Å². The molecule has 19 heavy (non-hydrogen) atoms. The number of ether oxygens (including phenoxy) is 3. The number of amides is 1. The van der Waals surface area contributed by atoms with Gasteiger partial charge in [0.1, 0.15) is 11.6 Å². The van der Waals surface area contributed by atoms with Crippen molar-refractivity contribution in [3.63, 3.8) is 0 Å². The fourth-order valence-corrected chi connectivity index (χ4v) is 1.63. The molecule has 6 heteroatoms. The van der Waals surface area contributed by atoms with Gasteiger partial charge in [0.15, 0.2) is 0 Å². The first kappa shape index (κ1) is 15.8. The highest BCUT2D eigenvalue weighted by Crippen LogP contribution is 2.17. The normalized spacial score (nSPS) is 19.5. The van der Waals surface area contributed by atoms with Gasteiger partial charge in [0.05, 0.1) is 19.8 Å². The second-order valence-electron chi connectivity index (χ2n) is 5.61. The van der Waals surface area contributed by atoms with E-state index in [1.165, 1.54) is 7.11 Å². The molecule has 1 aliphatic heterocycles. The third kappa shape index (κ3) is 7.00. The number of nitrogens with one attached hydrogen (secondary N) is 1. The summed E-state index contributed by atoms with van der Waals surface area (Å²) in [6.45, 7) is 6.10. The minimum absolute atomic E-state index is 0.319. The van der Waals surface area contributed by atoms with Gasteiger partial charge < -0.3 is 19.5 Å². The van der Waals surface area contributed by atoms with E-state index < -0.39 is 23.7 Å². The molecule has 0 aromatic heterocycles. The molecule has 1 saturated heterocycles. The van der Waals surface area contributed by atoms with Crippen molar-refractivity contribution in [3.05, 3.63) is 0 Å². The van der Waals surface area contributed by atoms with Crippen molar-refractivity contribution in [3.8, 4) is 0 Å². The van der Waals surface area contributed by atoms with Crippen LogP contribution in [-0.2, 0) is 19.0 Å². The molecule has 0 aromatic rings. The molecule has 0 saturated carbocycles. The van der Waals surface area contributed by atoms with E-state index in [0.29, 0.717) is 12.5 Å². The number of alkyl carbamates (subject to hydrolysis) is 1. The highest BCUT2D eigenvalue weighted by atomic mass is 16.6. The summed E-state index contributed by atoms with van der Waals surface area (Å²) in [6, 6.07) is -0.668. The molecule has 6 nitrogen and oxygen atoms in total. The number of carbonyl (C=O) groups excluding carboxylic acids is 2. The average molecular weight is 273 g/mol. The van der Waals surface area contributed by atoms with Crippen LogP contribution >= 0.6 is 0 Å². The summed E-state index contributed by atoms with van der Waals surface area (Å²) in [5, 5.41) is 2.54. The van der Waals surface area contributed by atoms with Crippen molar-refractivity contribution in [1.82, 2.24) is 5.32 Å². The SMILES string of the molecule is COC(=O)[C@H](CCC[C@H]1CO1)NC(=O)OC(C)(C)C. The minimum Gasteiger partial charge on any atom is -0.467 e. The Labute approximate surface area is 113 Å². The van der Waals surface area contributed by atoms with Gasteiger partial charge in [-0.1, -0.05) is 0 Å². The Bertz CT molecular complexity index is 319. The zero-order valence-corrected chi connectivity index (χ0v) is 12.0. The van der Waals surface area contributed by atoms with Crippen molar-refractivity contribution >= 4 is 12.1 Å². The lowest BCUT2D eigenvalue weighted by Crippen LogP contribution is -2.44. The highest BCUT2D eigenvalue weighted by Gasteiger charge is 2.27. The molecule has 2 atom stereocenters. The van der Waals surface area contributed by atoms with E-state index in [-0.39, 0.29) is 0 Å². The van der Waals surface area contributed by atoms with Crippen LogP contribution in [0.4, 0.5) is 4.79 Å². The van der Waals surface area contributed by atoms with Crippen LogP contribution in [-0.4, -0.2) is 43.5 Å². The van der Waals surface area contributed by atoms with Crippen LogP contribution in [0.15, 0.2) is 0 Å². The van der Waals surface area contributed by atoms with Gasteiger partial charge in [0.25, 0.3) is 0 Å². The highest BCUT2D eigenvalue weighted by molar-refractivity contribution is 5.81. The average Bonchev–Trinajstić information content (AvgIpc) is 3.08. The van der Waals surface area contributed by atoms with Crippen molar-refractivity contribution < 1.29 is 23.8 Å². The van der Waals surface area contributed by atoms with Crippen LogP contribution in [0.2, 0.25) is 0 Å². The molecule has 1 amide bonds. The molecule has 1 rings (SSSR count). The summed E-state index contributed by atoms with van der Waals surface area (Å²) < 4.78 is 14.9. The van der Waals surface area contributed by atoms with Crippen LogP contribution < -0.4 is 5.32 Å². The molecule has 1 N–H and O–H groups in total. The number of rotatable bonds is 6. The lowest BCUT2D eigenvalue weighted by atomic mass is 10.1. The molecular weight excluding hydrogens is 250 g/mol. The third-order valence-electron chi connectivity index (χ3n) is 2.60. The number of methoxy groups -OCH3 is 1. The van der Waals surface area contributed by atoms with Gasteiger partial charge in [-0.2, -0.15) is 0 Å². The summed E-state index contributed by atoms with van der Waals surface area (Å²) in [7, 11) is 1.30. The molecule has 0 aromatic carbocycles. The Morgan fingerprint density at radius 1 is 1.42 bits per heavy atom. The maximum Gasteiger partial charge on any atom is 0.408 e. The summed E-state index contributed by atoms with van der Waals surface area (Å²) in [5.74, 6) is -0.456. The summed E-state index contributed by atoms with van der Waals surface area (Å²) in [4.78, 5) is 23.2. The van der Waals surface area contributed by atoms with Crippen molar-refractivity contribution in [2.24, 2.45) is 0 Å². The van der Waals surface area contributed by atoms with Crippen LogP contribution in [0.5, 0.6) is 0 Å².